The van der Waals surface area contributed by atoms with Crippen LogP contribution in [0.3, 0.4) is 0 Å². The number of carbonyl (C=O) groups is 1. The van der Waals surface area contributed by atoms with Gasteiger partial charge in [-0.1, -0.05) is 6.58 Å². The van der Waals surface area contributed by atoms with Crippen molar-refractivity contribution in [3.63, 3.8) is 0 Å². The Labute approximate surface area is 97.0 Å². The highest BCUT2D eigenvalue weighted by Gasteiger charge is 2.03. The highest BCUT2D eigenvalue weighted by atomic mass is 16.5. The smallest absolute Gasteiger partial charge is 0.243 e. The molecule has 0 heterocycles. The summed E-state index contributed by atoms with van der Waals surface area (Å²) in [5.41, 5.74) is 5.50. The molecular formula is C11H22N2O3. The molecule has 0 aromatic rings. The van der Waals surface area contributed by atoms with Gasteiger partial charge in [0.1, 0.15) is 0 Å². The van der Waals surface area contributed by atoms with Crippen LogP contribution in [0.5, 0.6) is 0 Å². The second-order valence-electron chi connectivity index (χ2n) is 3.74. The van der Waals surface area contributed by atoms with Crippen molar-refractivity contribution in [2.75, 3.05) is 26.4 Å². The van der Waals surface area contributed by atoms with E-state index in [1.165, 1.54) is 6.08 Å². The van der Waals surface area contributed by atoms with Crippen LogP contribution in [-0.2, 0) is 14.3 Å². The molecule has 0 spiro atoms. The van der Waals surface area contributed by atoms with Gasteiger partial charge in [-0.25, -0.2) is 0 Å². The first kappa shape index (κ1) is 15.1. The van der Waals surface area contributed by atoms with Gasteiger partial charge in [-0.05, 0) is 19.9 Å². The molecule has 94 valence electrons. The topological polar surface area (TPSA) is 73.6 Å². The minimum atomic E-state index is -0.190. The van der Waals surface area contributed by atoms with Crippen LogP contribution in [0.15, 0.2) is 12.7 Å². The van der Waals surface area contributed by atoms with E-state index < -0.39 is 0 Å². The van der Waals surface area contributed by atoms with Crippen molar-refractivity contribution < 1.29 is 14.3 Å². The summed E-state index contributed by atoms with van der Waals surface area (Å²) < 4.78 is 10.5. The number of ether oxygens (including phenoxy) is 2. The van der Waals surface area contributed by atoms with Gasteiger partial charge in [0.25, 0.3) is 0 Å². The van der Waals surface area contributed by atoms with Crippen molar-refractivity contribution in [1.29, 1.82) is 0 Å². The van der Waals surface area contributed by atoms with Gasteiger partial charge in [0.05, 0.1) is 26.4 Å². The molecule has 0 saturated carbocycles. The molecule has 0 bridgehead atoms. The van der Waals surface area contributed by atoms with Gasteiger partial charge in [0.15, 0.2) is 0 Å². The monoisotopic (exact) mass is 230 g/mol. The first-order chi connectivity index (χ1) is 7.56. The van der Waals surface area contributed by atoms with Crippen molar-refractivity contribution in [2.45, 2.75) is 25.9 Å². The van der Waals surface area contributed by atoms with Gasteiger partial charge in [0.2, 0.25) is 5.91 Å². The van der Waals surface area contributed by atoms with E-state index >= 15 is 0 Å². The van der Waals surface area contributed by atoms with Gasteiger partial charge < -0.3 is 20.5 Å². The molecule has 2 atom stereocenters. The zero-order chi connectivity index (χ0) is 12.4. The van der Waals surface area contributed by atoms with E-state index in [9.17, 15) is 4.79 Å². The number of nitrogens with two attached hydrogens (primary N) is 1. The molecule has 0 aliphatic heterocycles. The van der Waals surface area contributed by atoms with E-state index in [0.29, 0.717) is 26.4 Å². The first-order valence-corrected chi connectivity index (χ1v) is 5.40. The fourth-order valence-corrected chi connectivity index (χ4v) is 0.991. The van der Waals surface area contributed by atoms with Crippen LogP contribution in [0, 0.1) is 0 Å². The van der Waals surface area contributed by atoms with Crippen molar-refractivity contribution in [3.05, 3.63) is 12.7 Å². The summed E-state index contributed by atoms with van der Waals surface area (Å²) in [6.07, 6.45) is 1.24. The zero-order valence-corrected chi connectivity index (χ0v) is 10.1. The van der Waals surface area contributed by atoms with Gasteiger partial charge in [-0.2, -0.15) is 0 Å². The lowest BCUT2D eigenvalue weighted by molar-refractivity contribution is -0.117. The first-order valence-electron chi connectivity index (χ1n) is 5.40. The standard InChI is InChI=1S/C11H22N2O3/c1-4-11(14)13-10(3)8-16-6-5-15-7-9(2)12/h4,9-10H,1,5-8,12H2,2-3H3,(H,13,14). The highest BCUT2D eigenvalue weighted by molar-refractivity contribution is 5.87. The Kier molecular flexibility index (Phi) is 8.80. The number of rotatable bonds is 9. The molecule has 0 aliphatic carbocycles. The molecule has 2 unspecified atom stereocenters. The van der Waals surface area contributed by atoms with Crippen molar-refractivity contribution in [2.24, 2.45) is 5.73 Å². The Morgan fingerprint density at radius 1 is 1.38 bits per heavy atom. The fraction of sp³-hybridized carbons (Fsp3) is 0.727. The maximum Gasteiger partial charge on any atom is 0.243 e. The average molecular weight is 230 g/mol. The fourth-order valence-electron chi connectivity index (χ4n) is 0.991. The summed E-state index contributed by atoms with van der Waals surface area (Å²) in [5.74, 6) is -0.190. The van der Waals surface area contributed by atoms with Crippen LogP contribution in [0.25, 0.3) is 0 Å². The second-order valence-corrected chi connectivity index (χ2v) is 3.74. The van der Waals surface area contributed by atoms with E-state index in [2.05, 4.69) is 11.9 Å². The summed E-state index contributed by atoms with van der Waals surface area (Å²) in [6.45, 7) is 9.13. The van der Waals surface area contributed by atoms with Crippen LogP contribution in [-0.4, -0.2) is 44.4 Å². The maximum atomic E-state index is 10.9. The molecule has 0 aromatic heterocycles. The molecular weight excluding hydrogens is 208 g/mol. The predicted molar refractivity (Wildman–Crippen MR) is 63.1 cm³/mol. The highest BCUT2D eigenvalue weighted by Crippen LogP contribution is 1.86. The summed E-state index contributed by atoms with van der Waals surface area (Å²) in [7, 11) is 0. The van der Waals surface area contributed by atoms with Gasteiger partial charge in [-0.15, -0.1) is 0 Å². The molecule has 1 amide bonds. The summed E-state index contributed by atoms with van der Waals surface area (Å²) in [5, 5.41) is 2.70. The predicted octanol–water partition coefficient (Wildman–Crippen LogP) is 0.0575. The minimum absolute atomic E-state index is 0.0288. The summed E-state index contributed by atoms with van der Waals surface area (Å²) >= 11 is 0. The quantitative estimate of drug-likeness (QED) is 0.434. The molecule has 16 heavy (non-hydrogen) atoms. The van der Waals surface area contributed by atoms with E-state index in [-0.39, 0.29) is 18.0 Å². The number of nitrogens with one attached hydrogen (secondary N) is 1. The zero-order valence-electron chi connectivity index (χ0n) is 10.1. The molecule has 0 aliphatic rings. The third-order valence-corrected chi connectivity index (χ3v) is 1.69. The lowest BCUT2D eigenvalue weighted by Gasteiger charge is -2.13. The van der Waals surface area contributed by atoms with Crippen LogP contribution >= 0.6 is 0 Å². The number of hydrogen-bond donors (Lipinski definition) is 2. The van der Waals surface area contributed by atoms with Crippen LogP contribution in [0.1, 0.15) is 13.8 Å². The Balaban J connectivity index is 3.30. The second kappa shape index (κ2) is 9.33. The number of amides is 1. The van der Waals surface area contributed by atoms with E-state index in [1.807, 2.05) is 13.8 Å². The van der Waals surface area contributed by atoms with Crippen LogP contribution in [0.4, 0.5) is 0 Å². The summed E-state index contributed by atoms with van der Waals surface area (Å²) in [6, 6.07) is 0.0183. The Hall–Kier alpha value is -0.910. The van der Waals surface area contributed by atoms with Crippen molar-refractivity contribution >= 4 is 5.91 Å². The normalized spacial score (nSPS) is 14.2. The molecule has 5 nitrogen and oxygen atoms in total. The largest absolute Gasteiger partial charge is 0.377 e. The molecule has 5 heteroatoms. The Bertz CT molecular complexity index is 207. The van der Waals surface area contributed by atoms with Crippen LogP contribution in [0.2, 0.25) is 0 Å². The van der Waals surface area contributed by atoms with Crippen molar-refractivity contribution in [3.8, 4) is 0 Å². The van der Waals surface area contributed by atoms with E-state index in [4.69, 9.17) is 15.2 Å². The molecule has 0 rings (SSSR count). The third kappa shape index (κ3) is 9.64. The van der Waals surface area contributed by atoms with E-state index in [0.717, 1.165) is 0 Å². The lowest BCUT2D eigenvalue weighted by atomic mass is 10.3. The molecule has 0 aromatic carbocycles. The lowest BCUT2D eigenvalue weighted by Crippen LogP contribution is -2.35. The summed E-state index contributed by atoms with van der Waals surface area (Å²) in [4.78, 5) is 10.9. The van der Waals surface area contributed by atoms with Crippen LogP contribution < -0.4 is 11.1 Å². The molecule has 0 radical (unpaired) electrons. The van der Waals surface area contributed by atoms with Crippen molar-refractivity contribution in [1.82, 2.24) is 5.32 Å². The maximum absolute atomic E-state index is 10.9. The minimum Gasteiger partial charge on any atom is -0.377 e. The van der Waals surface area contributed by atoms with Gasteiger partial charge in [0, 0.05) is 12.1 Å². The van der Waals surface area contributed by atoms with Gasteiger partial charge >= 0.3 is 0 Å². The Morgan fingerprint density at radius 3 is 2.44 bits per heavy atom. The Morgan fingerprint density at radius 2 is 1.94 bits per heavy atom. The number of hydrogen-bond acceptors (Lipinski definition) is 4. The number of carbonyl (C=O) groups excluding carboxylic acids is 1. The molecule has 0 saturated heterocycles. The third-order valence-electron chi connectivity index (χ3n) is 1.69. The van der Waals surface area contributed by atoms with E-state index in [1.54, 1.807) is 0 Å². The molecule has 3 N–H and O–H groups in total. The average Bonchev–Trinajstić information content (AvgIpc) is 2.22. The SMILES string of the molecule is C=CC(=O)NC(C)COCCOCC(C)N. The van der Waals surface area contributed by atoms with Gasteiger partial charge in [-0.3, -0.25) is 4.79 Å². The molecule has 0 fully saturated rings.